The molecule has 0 radical (unpaired) electrons. The fraction of sp³-hybridized carbons (Fsp3) is 0.333. The normalized spacial score (nSPS) is 15.4. The Bertz CT molecular complexity index is 444. The predicted octanol–water partition coefficient (Wildman–Crippen LogP) is 6.07. The lowest BCUT2D eigenvalue weighted by atomic mass is 9.84. The fourth-order valence-electron chi connectivity index (χ4n) is 2.58. The SMILES string of the molecule is Clc1ccccc1.c1ccc(C2CCCCC2)cc1. The van der Waals surface area contributed by atoms with Crippen LogP contribution in [0.25, 0.3) is 0 Å². The van der Waals surface area contributed by atoms with Crippen LogP contribution in [0.5, 0.6) is 0 Å². The molecule has 0 unspecified atom stereocenters. The molecule has 2 aromatic carbocycles. The smallest absolute Gasteiger partial charge is 0.0405 e. The number of benzene rings is 2. The molecule has 1 saturated carbocycles. The molecule has 0 nitrogen and oxygen atoms in total. The van der Waals surface area contributed by atoms with Crippen LogP contribution in [-0.4, -0.2) is 0 Å². The van der Waals surface area contributed by atoms with Gasteiger partial charge < -0.3 is 0 Å². The molecule has 19 heavy (non-hydrogen) atoms. The first kappa shape index (κ1) is 14.1. The first-order valence-corrected chi connectivity index (χ1v) is 7.49. The third-order valence-electron chi connectivity index (χ3n) is 3.61. The fourth-order valence-corrected chi connectivity index (χ4v) is 2.72. The van der Waals surface area contributed by atoms with Crippen LogP contribution >= 0.6 is 11.6 Å². The Morgan fingerprint density at radius 2 is 1.21 bits per heavy atom. The summed E-state index contributed by atoms with van der Waals surface area (Å²) in [6, 6.07) is 20.4. The number of rotatable bonds is 1. The van der Waals surface area contributed by atoms with Crippen LogP contribution in [0.15, 0.2) is 60.7 Å². The highest BCUT2D eigenvalue weighted by atomic mass is 35.5. The van der Waals surface area contributed by atoms with Crippen LogP contribution in [-0.2, 0) is 0 Å². The van der Waals surface area contributed by atoms with Crippen molar-refractivity contribution >= 4 is 11.6 Å². The van der Waals surface area contributed by atoms with E-state index in [1.807, 2.05) is 30.3 Å². The van der Waals surface area contributed by atoms with E-state index in [9.17, 15) is 0 Å². The summed E-state index contributed by atoms with van der Waals surface area (Å²) in [5.74, 6) is 0.861. The molecule has 1 aliphatic carbocycles. The summed E-state index contributed by atoms with van der Waals surface area (Å²) in [6.45, 7) is 0. The van der Waals surface area contributed by atoms with E-state index in [1.165, 1.54) is 32.1 Å². The van der Waals surface area contributed by atoms with Gasteiger partial charge in [0, 0.05) is 5.02 Å². The standard InChI is InChI=1S/C12H16.C6H5Cl/c1-3-7-11(8-4-1)12-9-5-2-6-10-12;7-6-4-2-1-3-5-6/h1,3-4,7-8,12H,2,5-6,9-10H2;1-5H. The van der Waals surface area contributed by atoms with Gasteiger partial charge in [0.15, 0.2) is 0 Å². The van der Waals surface area contributed by atoms with E-state index in [2.05, 4.69) is 30.3 Å². The molecule has 0 aliphatic heterocycles. The lowest BCUT2D eigenvalue weighted by Gasteiger charge is -2.21. The van der Waals surface area contributed by atoms with Gasteiger partial charge in [-0.05, 0) is 36.5 Å². The molecule has 0 amide bonds. The summed E-state index contributed by atoms with van der Waals surface area (Å²) in [7, 11) is 0. The number of hydrogen-bond acceptors (Lipinski definition) is 0. The maximum Gasteiger partial charge on any atom is 0.0405 e. The third-order valence-corrected chi connectivity index (χ3v) is 3.86. The highest BCUT2D eigenvalue weighted by molar-refractivity contribution is 6.30. The summed E-state index contributed by atoms with van der Waals surface area (Å²) in [6.07, 6.45) is 7.12. The van der Waals surface area contributed by atoms with E-state index < -0.39 is 0 Å². The van der Waals surface area contributed by atoms with Gasteiger partial charge in [0.25, 0.3) is 0 Å². The highest BCUT2D eigenvalue weighted by Crippen LogP contribution is 2.32. The van der Waals surface area contributed by atoms with E-state index in [0.29, 0.717) is 0 Å². The van der Waals surface area contributed by atoms with Gasteiger partial charge >= 0.3 is 0 Å². The average Bonchev–Trinajstić information content (AvgIpc) is 2.51. The Hall–Kier alpha value is -1.27. The molecule has 100 valence electrons. The van der Waals surface area contributed by atoms with Gasteiger partial charge in [-0.1, -0.05) is 79.4 Å². The second kappa shape index (κ2) is 8.01. The van der Waals surface area contributed by atoms with E-state index in [0.717, 1.165) is 10.9 Å². The van der Waals surface area contributed by atoms with Crippen molar-refractivity contribution in [3.63, 3.8) is 0 Å². The largest absolute Gasteiger partial charge is 0.0843 e. The summed E-state index contributed by atoms with van der Waals surface area (Å²) in [4.78, 5) is 0. The van der Waals surface area contributed by atoms with E-state index >= 15 is 0 Å². The molecular weight excluding hydrogens is 252 g/mol. The zero-order valence-electron chi connectivity index (χ0n) is 11.3. The lowest BCUT2D eigenvalue weighted by Crippen LogP contribution is -2.03. The molecule has 0 bridgehead atoms. The maximum atomic E-state index is 5.54. The van der Waals surface area contributed by atoms with Crippen molar-refractivity contribution in [1.29, 1.82) is 0 Å². The Labute approximate surface area is 121 Å². The molecule has 1 aliphatic rings. The zero-order valence-corrected chi connectivity index (χ0v) is 12.0. The molecule has 1 heteroatoms. The van der Waals surface area contributed by atoms with Gasteiger partial charge in [-0.3, -0.25) is 0 Å². The average molecular weight is 273 g/mol. The van der Waals surface area contributed by atoms with Gasteiger partial charge in [-0.15, -0.1) is 0 Å². The van der Waals surface area contributed by atoms with Crippen LogP contribution in [0.2, 0.25) is 5.02 Å². The van der Waals surface area contributed by atoms with Crippen molar-refractivity contribution in [2.24, 2.45) is 0 Å². The first-order valence-electron chi connectivity index (χ1n) is 7.12. The first-order chi connectivity index (χ1) is 9.36. The monoisotopic (exact) mass is 272 g/mol. The van der Waals surface area contributed by atoms with Crippen LogP contribution < -0.4 is 0 Å². The molecule has 2 aromatic rings. The third kappa shape index (κ3) is 5.08. The van der Waals surface area contributed by atoms with Crippen molar-refractivity contribution < 1.29 is 0 Å². The maximum absolute atomic E-state index is 5.54. The molecule has 0 heterocycles. The van der Waals surface area contributed by atoms with E-state index in [4.69, 9.17) is 11.6 Å². The van der Waals surface area contributed by atoms with E-state index in [-0.39, 0.29) is 0 Å². The molecule has 1 fully saturated rings. The molecule has 0 spiro atoms. The van der Waals surface area contributed by atoms with Crippen molar-refractivity contribution in [3.05, 3.63) is 71.2 Å². The molecule has 0 N–H and O–H groups in total. The number of halogens is 1. The van der Waals surface area contributed by atoms with Crippen LogP contribution in [0.4, 0.5) is 0 Å². The summed E-state index contributed by atoms with van der Waals surface area (Å²) in [5, 5.41) is 0.794. The minimum atomic E-state index is 0.794. The van der Waals surface area contributed by atoms with Crippen molar-refractivity contribution in [1.82, 2.24) is 0 Å². The van der Waals surface area contributed by atoms with Crippen LogP contribution in [0, 0.1) is 0 Å². The van der Waals surface area contributed by atoms with Gasteiger partial charge in [-0.2, -0.15) is 0 Å². The van der Waals surface area contributed by atoms with Crippen molar-refractivity contribution in [2.75, 3.05) is 0 Å². The molecule has 0 aromatic heterocycles. The Kier molecular flexibility index (Phi) is 5.97. The van der Waals surface area contributed by atoms with E-state index in [1.54, 1.807) is 5.56 Å². The minimum Gasteiger partial charge on any atom is -0.0843 e. The predicted molar refractivity (Wildman–Crippen MR) is 83.7 cm³/mol. The Balaban J connectivity index is 0.000000163. The summed E-state index contributed by atoms with van der Waals surface area (Å²) in [5.41, 5.74) is 1.55. The van der Waals surface area contributed by atoms with Crippen LogP contribution in [0.3, 0.4) is 0 Å². The second-order valence-electron chi connectivity index (χ2n) is 5.04. The van der Waals surface area contributed by atoms with Gasteiger partial charge in [-0.25, -0.2) is 0 Å². The van der Waals surface area contributed by atoms with Gasteiger partial charge in [0.2, 0.25) is 0 Å². The molecule has 0 saturated heterocycles. The Morgan fingerprint density at radius 3 is 1.68 bits per heavy atom. The zero-order chi connectivity index (χ0) is 13.3. The molecule has 0 atom stereocenters. The summed E-state index contributed by atoms with van der Waals surface area (Å²) < 4.78 is 0. The number of hydrogen-bond donors (Lipinski definition) is 0. The minimum absolute atomic E-state index is 0.794. The second-order valence-corrected chi connectivity index (χ2v) is 5.48. The van der Waals surface area contributed by atoms with Crippen molar-refractivity contribution in [2.45, 2.75) is 38.0 Å². The Morgan fingerprint density at radius 1 is 0.684 bits per heavy atom. The molecule has 3 rings (SSSR count). The molecular formula is C18H21Cl. The topological polar surface area (TPSA) is 0 Å². The van der Waals surface area contributed by atoms with Crippen LogP contribution in [0.1, 0.15) is 43.6 Å². The quantitative estimate of drug-likeness (QED) is 0.591. The lowest BCUT2D eigenvalue weighted by molar-refractivity contribution is 0.443. The van der Waals surface area contributed by atoms with Gasteiger partial charge in [0.1, 0.15) is 0 Å². The summed E-state index contributed by atoms with van der Waals surface area (Å²) >= 11 is 5.54. The highest BCUT2D eigenvalue weighted by Gasteiger charge is 2.14. The van der Waals surface area contributed by atoms with Crippen molar-refractivity contribution in [3.8, 4) is 0 Å². The van der Waals surface area contributed by atoms with Gasteiger partial charge in [0.05, 0.1) is 0 Å².